The van der Waals surface area contributed by atoms with Crippen molar-refractivity contribution in [3.8, 4) is 0 Å². The smallest absolute Gasteiger partial charge is 0.259 e. The molecule has 0 spiro atoms. The number of amides is 1. The molecule has 132 valence electrons. The minimum absolute atomic E-state index is 0.106. The normalized spacial score (nSPS) is 23.3. The van der Waals surface area contributed by atoms with Crippen molar-refractivity contribution in [3.63, 3.8) is 0 Å². The van der Waals surface area contributed by atoms with Crippen LogP contribution in [0.1, 0.15) is 59.8 Å². The van der Waals surface area contributed by atoms with Gasteiger partial charge in [0, 0.05) is 36.7 Å². The Morgan fingerprint density at radius 2 is 2.12 bits per heavy atom. The molecule has 3 aliphatic rings. The number of ether oxygens (including phenoxy) is 1. The van der Waals surface area contributed by atoms with Crippen molar-refractivity contribution in [2.75, 3.05) is 19.8 Å². The number of aryl methyl sites for hydroxylation is 1. The fraction of sp³-hybridized carbons (Fsp3) is 0.632. The summed E-state index contributed by atoms with van der Waals surface area (Å²) in [4.78, 5) is 20.1. The summed E-state index contributed by atoms with van der Waals surface area (Å²) in [5, 5.41) is 4.83. The first kappa shape index (κ1) is 15.3. The van der Waals surface area contributed by atoms with Crippen molar-refractivity contribution < 1.29 is 14.1 Å². The summed E-state index contributed by atoms with van der Waals surface area (Å²) in [6.45, 7) is 4.25. The molecule has 1 aliphatic heterocycles. The maximum Gasteiger partial charge on any atom is 0.259 e. The van der Waals surface area contributed by atoms with Crippen molar-refractivity contribution in [3.05, 3.63) is 23.0 Å². The second-order valence-corrected chi connectivity index (χ2v) is 7.74. The second kappa shape index (κ2) is 5.80. The average molecular weight is 341 g/mol. The van der Waals surface area contributed by atoms with Crippen LogP contribution in [0.3, 0.4) is 0 Å². The lowest BCUT2D eigenvalue weighted by molar-refractivity contribution is 0.0708. The highest BCUT2D eigenvalue weighted by Gasteiger charge is 2.37. The molecule has 6 nitrogen and oxygen atoms in total. The second-order valence-electron chi connectivity index (χ2n) is 7.74. The van der Waals surface area contributed by atoms with Crippen molar-refractivity contribution >= 4 is 17.0 Å². The van der Waals surface area contributed by atoms with Crippen LogP contribution in [0, 0.1) is 12.8 Å². The molecular formula is C19H23N3O3. The lowest BCUT2D eigenvalue weighted by Gasteiger charge is -2.25. The fourth-order valence-corrected chi connectivity index (χ4v) is 3.81. The van der Waals surface area contributed by atoms with Crippen molar-refractivity contribution in [2.45, 2.75) is 51.0 Å². The molecule has 0 bridgehead atoms. The number of hydrogen-bond acceptors (Lipinski definition) is 5. The van der Waals surface area contributed by atoms with E-state index in [0.29, 0.717) is 23.6 Å². The first-order chi connectivity index (χ1) is 12.2. The summed E-state index contributed by atoms with van der Waals surface area (Å²) in [5.74, 6) is 1.03. The Hall–Kier alpha value is -1.95. The van der Waals surface area contributed by atoms with Crippen molar-refractivity contribution in [1.29, 1.82) is 0 Å². The maximum atomic E-state index is 13.5. The Morgan fingerprint density at radius 3 is 2.80 bits per heavy atom. The summed E-state index contributed by atoms with van der Waals surface area (Å²) in [5.41, 5.74) is 2.95. The van der Waals surface area contributed by atoms with Crippen LogP contribution in [0.25, 0.3) is 11.1 Å². The highest BCUT2D eigenvalue weighted by Crippen LogP contribution is 2.41. The summed E-state index contributed by atoms with van der Waals surface area (Å²) in [6, 6.07) is 2.37. The van der Waals surface area contributed by atoms with Crippen LogP contribution in [0.2, 0.25) is 0 Å². The minimum atomic E-state index is 0.106. The van der Waals surface area contributed by atoms with Gasteiger partial charge in [0.2, 0.25) is 0 Å². The van der Waals surface area contributed by atoms with Crippen LogP contribution < -0.4 is 0 Å². The van der Waals surface area contributed by atoms with Crippen molar-refractivity contribution in [2.24, 2.45) is 5.92 Å². The number of nitrogens with zero attached hydrogens (tertiary/aromatic N) is 3. The van der Waals surface area contributed by atoms with Gasteiger partial charge >= 0.3 is 0 Å². The number of carbonyl (C=O) groups excluding carboxylic acids is 1. The van der Waals surface area contributed by atoms with E-state index < -0.39 is 0 Å². The lowest BCUT2D eigenvalue weighted by Crippen LogP contribution is -2.37. The van der Waals surface area contributed by atoms with Crippen LogP contribution in [0.4, 0.5) is 0 Å². The molecule has 2 aromatic heterocycles. The zero-order valence-electron chi connectivity index (χ0n) is 14.5. The predicted octanol–water partition coefficient (Wildman–Crippen LogP) is 3.05. The summed E-state index contributed by atoms with van der Waals surface area (Å²) in [7, 11) is 0. The standard InChI is InChI=1S/C19H23N3O3/c1-11-17-15(8-16(13-2-3-13)20-18(17)25-21-11)19(23)22(14-4-5-14)9-12-6-7-24-10-12/h8,12-14H,2-7,9-10H2,1H3. The van der Waals surface area contributed by atoms with Gasteiger partial charge in [0.15, 0.2) is 0 Å². The molecule has 1 saturated heterocycles. The Morgan fingerprint density at radius 1 is 1.28 bits per heavy atom. The first-order valence-corrected chi connectivity index (χ1v) is 9.36. The van der Waals surface area contributed by atoms with Crippen LogP contribution in [0.5, 0.6) is 0 Å². The van der Waals surface area contributed by atoms with E-state index in [1.807, 2.05) is 13.0 Å². The van der Waals surface area contributed by atoms with E-state index in [-0.39, 0.29) is 5.91 Å². The van der Waals surface area contributed by atoms with Gasteiger partial charge in [-0.15, -0.1) is 0 Å². The molecule has 3 heterocycles. The molecular weight excluding hydrogens is 318 g/mol. The molecule has 25 heavy (non-hydrogen) atoms. The molecule has 5 rings (SSSR count). The Bertz CT molecular complexity index is 817. The van der Waals surface area contributed by atoms with E-state index in [0.717, 1.165) is 74.2 Å². The summed E-state index contributed by atoms with van der Waals surface area (Å²) < 4.78 is 10.9. The maximum absolute atomic E-state index is 13.5. The van der Waals surface area contributed by atoms with E-state index in [1.54, 1.807) is 0 Å². The Kier molecular flexibility index (Phi) is 3.55. The van der Waals surface area contributed by atoms with Gasteiger partial charge in [0.05, 0.1) is 23.3 Å². The number of rotatable bonds is 5. The number of pyridine rings is 1. The molecule has 1 atom stereocenters. The van der Waals surface area contributed by atoms with E-state index in [4.69, 9.17) is 9.26 Å². The van der Waals surface area contributed by atoms with Crippen LogP contribution >= 0.6 is 0 Å². The van der Waals surface area contributed by atoms with Gasteiger partial charge in [-0.3, -0.25) is 4.79 Å². The molecule has 6 heteroatoms. The average Bonchev–Trinajstić information content (AvgIpc) is 3.55. The first-order valence-electron chi connectivity index (χ1n) is 9.36. The zero-order chi connectivity index (χ0) is 17.0. The number of hydrogen-bond donors (Lipinski definition) is 0. The summed E-state index contributed by atoms with van der Waals surface area (Å²) >= 11 is 0. The summed E-state index contributed by atoms with van der Waals surface area (Å²) in [6.07, 6.45) is 5.54. The zero-order valence-corrected chi connectivity index (χ0v) is 14.5. The van der Waals surface area contributed by atoms with E-state index in [1.165, 1.54) is 0 Å². The predicted molar refractivity (Wildman–Crippen MR) is 91.5 cm³/mol. The largest absolute Gasteiger partial charge is 0.381 e. The molecule has 2 aromatic rings. The molecule has 2 aliphatic carbocycles. The third kappa shape index (κ3) is 2.82. The quantitative estimate of drug-likeness (QED) is 0.836. The minimum Gasteiger partial charge on any atom is -0.381 e. The Balaban J connectivity index is 1.53. The van der Waals surface area contributed by atoms with Crippen LogP contribution in [-0.4, -0.2) is 46.7 Å². The molecule has 0 radical (unpaired) electrons. The molecule has 1 unspecified atom stereocenters. The number of carbonyl (C=O) groups is 1. The van der Waals surface area contributed by atoms with Gasteiger partial charge in [-0.2, -0.15) is 0 Å². The highest BCUT2D eigenvalue weighted by molar-refractivity contribution is 6.06. The third-order valence-electron chi connectivity index (χ3n) is 5.59. The topological polar surface area (TPSA) is 68.5 Å². The highest BCUT2D eigenvalue weighted by atomic mass is 16.5. The molecule has 1 amide bonds. The molecule has 0 aromatic carbocycles. The molecule has 3 fully saturated rings. The fourth-order valence-electron chi connectivity index (χ4n) is 3.81. The van der Waals surface area contributed by atoms with E-state index >= 15 is 0 Å². The van der Waals surface area contributed by atoms with Gasteiger partial charge in [-0.25, -0.2) is 4.98 Å². The molecule has 0 N–H and O–H groups in total. The van der Waals surface area contributed by atoms with Gasteiger partial charge in [0.25, 0.3) is 11.6 Å². The van der Waals surface area contributed by atoms with Gasteiger partial charge in [-0.1, -0.05) is 5.16 Å². The molecule has 2 saturated carbocycles. The van der Waals surface area contributed by atoms with E-state index in [2.05, 4.69) is 15.0 Å². The number of aromatic nitrogens is 2. The lowest BCUT2D eigenvalue weighted by atomic mass is 10.0. The van der Waals surface area contributed by atoms with Gasteiger partial charge < -0.3 is 14.2 Å². The van der Waals surface area contributed by atoms with E-state index in [9.17, 15) is 4.79 Å². The van der Waals surface area contributed by atoms with Gasteiger partial charge in [0.1, 0.15) is 0 Å². The SMILES string of the molecule is Cc1noc2nc(C3CC3)cc(C(=O)N(CC3CCOC3)C3CC3)c12. The van der Waals surface area contributed by atoms with Crippen LogP contribution in [0.15, 0.2) is 10.6 Å². The Labute approximate surface area is 146 Å². The van der Waals surface area contributed by atoms with Gasteiger partial charge in [-0.05, 0) is 45.1 Å². The third-order valence-corrected chi connectivity index (χ3v) is 5.59. The monoisotopic (exact) mass is 341 g/mol. The number of fused-ring (bicyclic) bond motifs is 1. The van der Waals surface area contributed by atoms with Crippen LogP contribution in [-0.2, 0) is 4.74 Å². The van der Waals surface area contributed by atoms with Crippen molar-refractivity contribution in [1.82, 2.24) is 15.0 Å².